The van der Waals surface area contributed by atoms with Crippen LogP contribution in [0.2, 0.25) is 0 Å². The standard InChI is InChI=1S/C20H16NO.2C13H12N.Ir/c1-13(2)14-10-11-21-18(12-14)17-8-5-7-16-15-6-3-4-9-19(15)22-20(16)17;2*1-2-11-8-9-14-13(10-11)12-6-4-3-5-7-12;/h3-7,9-13H,1-2H3;2*3-6,8-10H,2H2,1H3;/q3*-1;+3. The molecule has 0 bridgehead atoms. The van der Waals surface area contributed by atoms with Gasteiger partial charge in [0, 0.05) is 24.0 Å². The van der Waals surface area contributed by atoms with E-state index in [2.05, 4.69) is 97.2 Å². The van der Waals surface area contributed by atoms with E-state index in [9.17, 15) is 0 Å². The molecular formula is C46H40IrN3O. The molecular weight excluding hydrogens is 803 g/mol. The van der Waals surface area contributed by atoms with Gasteiger partial charge in [0.1, 0.15) is 5.58 Å². The normalized spacial score (nSPS) is 10.5. The number of hydrogen-bond donors (Lipinski definition) is 0. The monoisotopic (exact) mass is 843 g/mol. The Kier molecular flexibility index (Phi) is 13.2. The number of aromatic nitrogens is 3. The Balaban J connectivity index is 0.000000153. The van der Waals surface area contributed by atoms with Crippen molar-refractivity contribution in [1.29, 1.82) is 0 Å². The van der Waals surface area contributed by atoms with Crippen molar-refractivity contribution in [1.82, 2.24) is 15.0 Å². The van der Waals surface area contributed by atoms with Gasteiger partial charge in [0.2, 0.25) is 0 Å². The fourth-order valence-electron chi connectivity index (χ4n) is 5.61. The first-order valence-corrected chi connectivity index (χ1v) is 17.2. The Hall–Kier alpha value is -5.22. The van der Waals surface area contributed by atoms with Gasteiger partial charge >= 0.3 is 20.1 Å². The maximum atomic E-state index is 6.07. The molecule has 0 saturated carbocycles. The average molecular weight is 843 g/mol. The maximum Gasteiger partial charge on any atom is 3.00 e. The molecule has 0 aliphatic rings. The van der Waals surface area contributed by atoms with Crippen molar-refractivity contribution >= 4 is 21.9 Å². The number of hydrogen-bond acceptors (Lipinski definition) is 4. The number of aryl methyl sites for hydroxylation is 2. The number of nitrogens with zero attached hydrogens (tertiary/aromatic N) is 3. The molecule has 4 nitrogen and oxygen atoms in total. The molecule has 254 valence electrons. The summed E-state index contributed by atoms with van der Waals surface area (Å²) < 4.78 is 6.07. The summed E-state index contributed by atoms with van der Waals surface area (Å²) in [6.45, 7) is 8.66. The number of furan rings is 1. The van der Waals surface area contributed by atoms with E-state index in [1.54, 1.807) is 0 Å². The predicted octanol–water partition coefficient (Wildman–Crippen LogP) is 11.8. The van der Waals surface area contributed by atoms with Crippen molar-refractivity contribution in [2.24, 2.45) is 0 Å². The fourth-order valence-corrected chi connectivity index (χ4v) is 5.61. The van der Waals surface area contributed by atoms with Gasteiger partial charge in [0.15, 0.2) is 0 Å². The van der Waals surface area contributed by atoms with Crippen molar-refractivity contribution in [2.45, 2.75) is 46.5 Å². The summed E-state index contributed by atoms with van der Waals surface area (Å²) in [6, 6.07) is 50.1. The van der Waals surface area contributed by atoms with Crippen LogP contribution >= 0.6 is 0 Å². The van der Waals surface area contributed by atoms with Crippen LogP contribution in [0.1, 0.15) is 50.3 Å². The van der Waals surface area contributed by atoms with Crippen LogP contribution in [0, 0.1) is 18.2 Å². The molecule has 8 rings (SSSR count). The first kappa shape index (κ1) is 37.0. The molecule has 8 aromatic rings. The van der Waals surface area contributed by atoms with Crippen LogP contribution in [0.3, 0.4) is 0 Å². The van der Waals surface area contributed by atoms with Crippen LogP contribution in [-0.2, 0) is 32.9 Å². The predicted molar refractivity (Wildman–Crippen MR) is 206 cm³/mol. The van der Waals surface area contributed by atoms with E-state index in [0.29, 0.717) is 5.92 Å². The van der Waals surface area contributed by atoms with Gasteiger partial charge in [-0.05, 0) is 60.1 Å². The summed E-state index contributed by atoms with van der Waals surface area (Å²) in [6.07, 6.45) is 7.66. The molecule has 0 spiro atoms. The number of benzene rings is 4. The van der Waals surface area contributed by atoms with Gasteiger partial charge in [0.05, 0.1) is 5.58 Å². The van der Waals surface area contributed by atoms with Crippen molar-refractivity contribution in [3.63, 3.8) is 0 Å². The second-order valence-corrected chi connectivity index (χ2v) is 12.2. The average Bonchev–Trinajstić information content (AvgIpc) is 3.58. The Bertz CT molecular complexity index is 2200. The zero-order valence-electron chi connectivity index (χ0n) is 29.4. The van der Waals surface area contributed by atoms with Gasteiger partial charge in [-0.15, -0.1) is 90.0 Å². The smallest absolute Gasteiger partial charge is 0.501 e. The number of para-hydroxylation sites is 1. The largest absolute Gasteiger partial charge is 3.00 e. The van der Waals surface area contributed by atoms with E-state index < -0.39 is 0 Å². The summed E-state index contributed by atoms with van der Waals surface area (Å²) in [5.41, 5.74) is 11.6. The van der Waals surface area contributed by atoms with E-state index in [1.807, 2.05) is 104 Å². The molecule has 0 unspecified atom stereocenters. The van der Waals surface area contributed by atoms with Gasteiger partial charge < -0.3 is 19.4 Å². The van der Waals surface area contributed by atoms with Crippen LogP contribution < -0.4 is 0 Å². The maximum absolute atomic E-state index is 6.07. The number of fused-ring (bicyclic) bond motifs is 3. The van der Waals surface area contributed by atoms with Gasteiger partial charge in [-0.2, -0.15) is 0 Å². The topological polar surface area (TPSA) is 51.8 Å². The van der Waals surface area contributed by atoms with E-state index in [-0.39, 0.29) is 20.1 Å². The summed E-state index contributed by atoms with van der Waals surface area (Å²) >= 11 is 0. The van der Waals surface area contributed by atoms with Crippen LogP contribution in [0.15, 0.2) is 144 Å². The minimum atomic E-state index is 0. The molecule has 4 aromatic heterocycles. The summed E-state index contributed by atoms with van der Waals surface area (Å²) in [5.74, 6) is 0.469. The van der Waals surface area contributed by atoms with Gasteiger partial charge in [-0.1, -0.05) is 91.7 Å². The zero-order valence-corrected chi connectivity index (χ0v) is 31.7. The van der Waals surface area contributed by atoms with Crippen molar-refractivity contribution in [2.75, 3.05) is 0 Å². The van der Waals surface area contributed by atoms with E-state index in [4.69, 9.17) is 4.42 Å². The Morgan fingerprint density at radius 3 is 1.71 bits per heavy atom. The molecule has 0 aliphatic carbocycles. The molecule has 0 aliphatic heterocycles. The number of pyridine rings is 3. The molecule has 0 fully saturated rings. The minimum Gasteiger partial charge on any atom is -0.501 e. The van der Waals surface area contributed by atoms with E-state index >= 15 is 0 Å². The van der Waals surface area contributed by atoms with E-state index in [1.165, 1.54) is 16.7 Å². The van der Waals surface area contributed by atoms with Crippen LogP contribution in [0.4, 0.5) is 0 Å². The fraction of sp³-hybridized carbons (Fsp3) is 0.152. The van der Waals surface area contributed by atoms with E-state index in [0.717, 1.165) is 68.6 Å². The first-order valence-electron chi connectivity index (χ1n) is 17.2. The third-order valence-corrected chi connectivity index (χ3v) is 8.48. The molecule has 4 heterocycles. The van der Waals surface area contributed by atoms with Crippen molar-refractivity contribution < 1.29 is 24.5 Å². The second-order valence-electron chi connectivity index (χ2n) is 12.2. The minimum absolute atomic E-state index is 0. The molecule has 5 heteroatoms. The molecule has 51 heavy (non-hydrogen) atoms. The van der Waals surface area contributed by atoms with Crippen LogP contribution in [0.25, 0.3) is 55.7 Å². The molecule has 4 aromatic carbocycles. The Morgan fingerprint density at radius 1 is 0.569 bits per heavy atom. The second kappa shape index (κ2) is 18.1. The molecule has 0 radical (unpaired) electrons. The Morgan fingerprint density at radius 2 is 1.14 bits per heavy atom. The third-order valence-electron chi connectivity index (χ3n) is 8.48. The summed E-state index contributed by atoms with van der Waals surface area (Å²) in [7, 11) is 0. The molecule has 0 atom stereocenters. The molecule has 0 N–H and O–H groups in total. The van der Waals surface area contributed by atoms with Crippen LogP contribution in [-0.4, -0.2) is 15.0 Å². The van der Waals surface area contributed by atoms with Gasteiger partial charge in [-0.25, -0.2) is 0 Å². The summed E-state index contributed by atoms with van der Waals surface area (Å²) in [4.78, 5) is 13.2. The molecule has 0 amide bonds. The van der Waals surface area contributed by atoms with Gasteiger partial charge in [-0.3, -0.25) is 0 Å². The third kappa shape index (κ3) is 9.32. The van der Waals surface area contributed by atoms with Crippen molar-refractivity contribution in [3.05, 3.63) is 175 Å². The van der Waals surface area contributed by atoms with Crippen molar-refractivity contribution in [3.8, 4) is 33.8 Å². The Labute approximate surface area is 315 Å². The quantitative estimate of drug-likeness (QED) is 0.157. The number of rotatable bonds is 6. The SMILES string of the molecule is CC(C)c1ccnc(-c2[c-]ccc3c2oc2ccccc23)c1.CCc1ccnc(-c2[c-]cccc2)c1.CCc1ccnc(-c2[c-]cccc2)c1.[Ir+3]. The van der Waals surface area contributed by atoms with Crippen LogP contribution in [0.5, 0.6) is 0 Å². The molecule has 0 saturated heterocycles. The first-order chi connectivity index (χ1) is 24.5. The zero-order chi connectivity index (χ0) is 34.7. The van der Waals surface area contributed by atoms with Gasteiger partial charge in [0.25, 0.3) is 0 Å². The summed E-state index contributed by atoms with van der Waals surface area (Å²) in [5, 5.41) is 2.24.